The van der Waals surface area contributed by atoms with Crippen molar-refractivity contribution in [2.24, 2.45) is 0 Å². The van der Waals surface area contributed by atoms with Gasteiger partial charge in [-0.25, -0.2) is 0 Å². The van der Waals surface area contributed by atoms with Crippen molar-refractivity contribution in [2.75, 3.05) is 6.54 Å². The summed E-state index contributed by atoms with van der Waals surface area (Å²) in [4.78, 5) is 4.08. The van der Waals surface area contributed by atoms with Gasteiger partial charge in [-0.1, -0.05) is 29.7 Å². The lowest BCUT2D eigenvalue weighted by Gasteiger charge is -2.01. The lowest BCUT2D eigenvalue weighted by atomic mass is 10.2. The minimum atomic E-state index is 0.571. The molecule has 3 aromatic rings. The van der Waals surface area contributed by atoms with Crippen LogP contribution in [-0.2, 0) is 13.1 Å². The average Bonchev–Trinajstić information content (AvgIpc) is 3.09. The highest BCUT2D eigenvalue weighted by atomic mass is 35.5. The maximum Gasteiger partial charge on any atom is 0.213 e. The van der Waals surface area contributed by atoms with Gasteiger partial charge in [0.2, 0.25) is 6.39 Å². The first kappa shape index (κ1) is 14.1. The fourth-order valence-electron chi connectivity index (χ4n) is 2.43. The van der Waals surface area contributed by atoms with Crippen molar-refractivity contribution < 1.29 is 4.52 Å². The molecule has 0 fully saturated rings. The maximum absolute atomic E-state index is 6.13. The molecule has 1 aromatic carbocycles. The molecule has 3 rings (SSSR count). The van der Waals surface area contributed by atoms with Crippen LogP contribution in [0.5, 0.6) is 0 Å². The van der Waals surface area contributed by atoms with E-state index >= 15 is 0 Å². The fourth-order valence-corrected chi connectivity index (χ4v) is 2.59. The summed E-state index contributed by atoms with van der Waals surface area (Å²) in [6, 6.07) is 5.96. The Morgan fingerprint density at radius 2 is 2.29 bits per heavy atom. The van der Waals surface area contributed by atoms with Crippen LogP contribution in [0.4, 0.5) is 0 Å². The molecule has 0 saturated carbocycles. The van der Waals surface area contributed by atoms with Gasteiger partial charge in [-0.15, -0.1) is 0 Å². The Kier molecular flexibility index (Phi) is 4.22. The topological polar surface area (TPSA) is 55.9 Å². The molecule has 0 atom stereocenters. The zero-order chi connectivity index (χ0) is 14.7. The summed E-state index contributed by atoms with van der Waals surface area (Å²) in [5.74, 6) is 0.653. The number of rotatable bonds is 6. The van der Waals surface area contributed by atoms with Crippen LogP contribution in [0.2, 0.25) is 5.02 Å². The first-order valence-corrected chi connectivity index (χ1v) is 7.39. The van der Waals surface area contributed by atoms with Gasteiger partial charge in [0, 0.05) is 23.2 Å². The van der Waals surface area contributed by atoms with E-state index in [4.69, 9.17) is 16.1 Å². The second-order valence-electron chi connectivity index (χ2n) is 4.97. The Hall–Kier alpha value is -1.85. The van der Waals surface area contributed by atoms with E-state index in [1.807, 2.05) is 12.1 Å². The van der Waals surface area contributed by atoms with Gasteiger partial charge in [-0.3, -0.25) is 0 Å². The monoisotopic (exact) mass is 304 g/mol. The molecule has 2 aromatic heterocycles. The number of nitrogens with zero attached hydrogens (tertiary/aromatic N) is 3. The molecule has 0 bridgehead atoms. The molecule has 0 aliphatic heterocycles. The Morgan fingerprint density at radius 3 is 3.05 bits per heavy atom. The molecule has 5 nitrogen and oxygen atoms in total. The van der Waals surface area contributed by atoms with Gasteiger partial charge in [0.15, 0.2) is 5.82 Å². The number of benzene rings is 1. The van der Waals surface area contributed by atoms with Crippen molar-refractivity contribution in [3.05, 3.63) is 47.2 Å². The molecule has 21 heavy (non-hydrogen) atoms. The van der Waals surface area contributed by atoms with E-state index in [2.05, 4.69) is 39.2 Å². The molecule has 0 radical (unpaired) electrons. The first-order chi connectivity index (χ1) is 10.3. The Morgan fingerprint density at radius 1 is 1.38 bits per heavy atom. The standard InChI is InChI=1S/C15H17ClN4O/c1-2-5-17-7-11-8-20(9-15-18-10-21-19-15)14-6-12(16)3-4-13(11)14/h3-4,6,8,10,17H,2,5,7,9H2,1H3. The van der Waals surface area contributed by atoms with Crippen molar-refractivity contribution in [3.63, 3.8) is 0 Å². The summed E-state index contributed by atoms with van der Waals surface area (Å²) in [5.41, 5.74) is 2.33. The molecule has 110 valence electrons. The van der Waals surface area contributed by atoms with Crippen LogP contribution in [0.3, 0.4) is 0 Å². The van der Waals surface area contributed by atoms with E-state index in [0.29, 0.717) is 12.4 Å². The largest absolute Gasteiger partial charge is 0.343 e. The van der Waals surface area contributed by atoms with Crippen LogP contribution < -0.4 is 5.32 Å². The van der Waals surface area contributed by atoms with Crippen LogP contribution in [0.1, 0.15) is 24.7 Å². The predicted molar refractivity (Wildman–Crippen MR) is 82.3 cm³/mol. The quantitative estimate of drug-likeness (QED) is 0.710. The molecule has 6 heteroatoms. The molecule has 0 saturated heterocycles. The Balaban J connectivity index is 1.96. The minimum absolute atomic E-state index is 0.571. The van der Waals surface area contributed by atoms with Gasteiger partial charge in [0.05, 0.1) is 12.1 Å². The second kappa shape index (κ2) is 6.28. The molecular weight excluding hydrogens is 288 g/mol. The smallest absolute Gasteiger partial charge is 0.213 e. The van der Waals surface area contributed by atoms with Gasteiger partial charge in [0.25, 0.3) is 0 Å². The van der Waals surface area contributed by atoms with Crippen LogP contribution in [-0.4, -0.2) is 21.3 Å². The summed E-state index contributed by atoms with van der Waals surface area (Å²) in [7, 11) is 0. The molecule has 0 amide bonds. The van der Waals surface area contributed by atoms with Crippen LogP contribution in [0.15, 0.2) is 35.3 Å². The molecule has 0 aliphatic rings. The maximum atomic E-state index is 6.13. The highest BCUT2D eigenvalue weighted by molar-refractivity contribution is 6.31. The number of aromatic nitrogens is 3. The van der Waals surface area contributed by atoms with Gasteiger partial charge in [0.1, 0.15) is 0 Å². The summed E-state index contributed by atoms with van der Waals surface area (Å²) in [6.07, 6.45) is 4.59. The number of halogens is 1. The molecule has 0 aliphatic carbocycles. The van der Waals surface area contributed by atoms with E-state index in [9.17, 15) is 0 Å². The number of fused-ring (bicyclic) bond motifs is 1. The number of hydrogen-bond acceptors (Lipinski definition) is 4. The molecule has 0 spiro atoms. The molecule has 2 heterocycles. The van der Waals surface area contributed by atoms with E-state index in [-0.39, 0.29) is 0 Å². The third-order valence-corrected chi connectivity index (χ3v) is 3.62. The lowest BCUT2D eigenvalue weighted by molar-refractivity contribution is 0.408. The minimum Gasteiger partial charge on any atom is -0.343 e. The van der Waals surface area contributed by atoms with Gasteiger partial charge >= 0.3 is 0 Å². The highest BCUT2D eigenvalue weighted by Gasteiger charge is 2.10. The zero-order valence-electron chi connectivity index (χ0n) is 11.8. The van der Waals surface area contributed by atoms with Crippen LogP contribution in [0, 0.1) is 0 Å². The first-order valence-electron chi connectivity index (χ1n) is 7.01. The third-order valence-electron chi connectivity index (χ3n) is 3.39. The summed E-state index contributed by atoms with van der Waals surface area (Å²) in [5, 5.41) is 9.23. The van der Waals surface area contributed by atoms with Crippen molar-refractivity contribution in [1.29, 1.82) is 0 Å². The van der Waals surface area contributed by atoms with Gasteiger partial charge in [-0.05, 0) is 30.7 Å². The summed E-state index contributed by atoms with van der Waals surface area (Å²) < 4.78 is 6.90. The fraction of sp³-hybridized carbons (Fsp3) is 0.333. The van der Waals surface area contributed by atoms with Crippen molar-refractivity contribution in [1.82, 2.24) is 20.0 Å². The Bertz CT molecular complexity index is 721. The summed E-state index contributed by atoms with van der Waals surface area (Å²) >= 11 is 6.13. The number of hydrogen-bond donors (Lipinski definition) is 1. The van der Waals surface area contributed by atoms with Crippen molar-refractivity contribution in [2.45, 2.75) is 26.4 Å². The summed E-state index contributed by atoms with van der Waals surface area (Å²) in [6.45, 7) is 4.57. The van der Waals surface area contributed by atoms with E-state index in [1.165, 1.54) is 17.3 Å². The predicted octanol–water partition coefficient (Wildman–Crippen LogP) is 3.23. The van der Waals surface area contributed by atoms with Crippen LogP contribution in [0.25, 0.3) is 10.9 Å². The van der Waals surface area contributed by atoms with E-state index in [1.54, 1.807) is 0 Å². The normalized spacial score (nSPS) is 11.3. The van der Waals surface area contributed by atoms with Crippen molar-refractivity contribution in [3.8, 4) is 0 Å². The molecule has 0 unspecified atom stereocenters. The van der Waals surface area contributed by atoms with Crippen LogP contribution >= 0.6 is 11.6 Å². The van der Waals surface area contributed by atoms with Crippen molar-refractivity contribution >= 4 is 22.5 Å². The average molecular weight is 305 g/mol. The second-order valence-corrected chi connectivity index (χ2v) is 5.40. The van der Waals surface area contributed by atoms with E-state index < -0.39 is 0 Å². The zero-order valence-corrected chi connectivity index (χ0v) is 12.6. The molecule has 1 N–H and O–H groups in total. The highest BCUT2D eigenvalue weighted by Crippen LogP contribution is 2.25. The Labute approximate surface area is 127 Å². The molecular formula is C15H17ClN4O. The van der Waals surface area contributed by atoms with Gasteiger partial charge < -0.3 is 14.4 Å². The lowest BCUT2D eigenvalue weighted by Crippen LogP contribution is -2.13. The van der Waals surface area contributed by atoms with E-state index in [0.717, 1.165) is 30.0 Å². The van der Waals surface area contributed by atoms with Gasteiger partial charge in [-0.2, -0.15) is 4.98 Å². The number of nitrogens with one attached hydrogen (secondary N) is 1. The third kappa shape index (κ3) is 3.09. The SMILES string of the molecule is CCCNCc1cn(Cc2ncon2)c2cc(Cl)ccc12.